The molecule has 12 heteroatoms. The van der Waals surface area contributed by atoms with Crippen molar-refractivity contribution in [2.75, 3.05) is 32.8 Å². The maximum absolute atomic E-state index is 15.0. The van der Waals surface area contributed by atoms with Gasteiger partial charge in [0.2, 0.25) is 11.8 Å². The van der Waals surface area contributed by atoms with Crippen molar-refractivity contribution in [1.82, 2.24) is 13.9 Å². The van der Waals surface area contributed by atoms with Gasteiger partial charge < -0.3 is 14.4 Å². The molecule has 5 atom stereocenters. The summed E-state index contributed by atoms with van der Waals surface area (Å²) in [6.45, 7) is 18.0. The number of rotatable bonds is 11. The van der Waals surface area contributed by atoms with E-state index in [0.717, 1.165) is 32.1 Å². The molecular weight excluding hydrogens is 646 g/mol. The van der Waals surface area contributed by atoms with E-state index in [-0.39, 0.29) is 46.7 Å². The van der Waals surface area contributed by atoms with Crippen LogP contribution in [0.1, 0.15) is 112 Å². The van der Waals surface area contributed by atoms with Gasteiger partial charge in [-0.1, -0.05) is 33.3 Å². The normalized spacial score (nSPS) is 33.5. The van der Waals surface area contributed by atoms with Crippen molar-refractivity contribution in [2.45, 2.75) is 124 Å². The number of Topliss-reactive ketones (excluding diaryl/α,β-unsaturated/α-hetero) is 1. The molecule has 1 N–H and O–H groups in total. The number of carbonyl (C=O) groups excluding carboxylic acids is 4. The average molecular weight is 704 g/mol. The van der Waals surface area contributed by atoms with Crippen molar-refractivity contribution in [3.05, 3.63) is 12.7 Å². The highest BCUT2D eigenvalue weighted by Gasteiger charge is 2.85. The van der Waals surface area contributed by atoms with Gasteiger partial charge in [0.05, 0.1) is 23.8 Å². The maximum atomic E-state index is 15.0. The Morgan fingerprint density at radius 2 is 1.61 bits per heavy atom. The summed E-state index contributed by atoms with van der Waals surface area (Å²) >= 11 is 0. The molecule has 2 spiro atoms. The first-order chi connectivity index (χ1) is 22.8. The number of nitrogens with zero attached hydrogens (tertiary/aromatic N) is 2. The summed E-state index contributed by atoms with van der Waals surface area (Å²) in [6.07, 6.45) is 8.10. The molecule has 6 aliphatic rings. The summed E-state index contributed by atoms with van der Waals surface area (Å²) in [5, 5.41) is 0. The number of carbonyl (C=O) groups is 4. The molecule has 0 aromatic heterocycles. The van der Waals surface area contributed by atoms with Gasteiger partial charge in [-0.15, -0.1) is 6.58 Å². The Hall–Kier alpha value is -2.31. The topological polar surface area (TPSA) is 139 Å². The fourth-order valence-electron chi connectivity index (χ4n) is 10.5. The third kappa shape index (κ3) is 5.89. The van der Waals surface area contributed by atoms with Gasteiger partial charge >= 0.3 is 16.2 Å². The highest BCUT2D eigenvalue weighted by Crippen LogP contribution is 2.88. The molecule has 3 saturated heterocycles. The SMILES string of the molecule is C=C[C@@H]1C[C@]1(CC(=O)[C@@H]1C[C@@]2(CN1C(=O)[C@@H](CC(=O)OC(C)(C)C)C1(C)CCOCC1)C(C)(C)C21CCC1)C(=O)NS(=O)(=O)N1CCCC1. The van der Waals surface area contributed by atoms with Crippen LogP contribution in [0.4, 0.5) is 0 Å². The van der Waals surface area contributed by atoms with Gasteiger partial charge in [-0.05, 0) is 94.3 Å². The zero-order valence-corrected chi connectivity index (χ0v) is 31.2. The molecule has 3 saturated carbocycles. The van der Waals surface area contributed by atoms with Crippen molar-refractivity contribution >= 4 is 33.8 Å². The van der Waals surface area contributed by atoms with Crippen LogP contribution in [0, 0.1) is 38.9 Å². The molecule has 0 aromatic carbocycles. The summed E-state index contributed by atoms with van der Waals surface area (Å²) in [5.74, 6) is -2.62. The zero-order valence-electron chi connectivity index (χ0n) is 30.4. The average Bonchev–Trinajstić information content (AvgIpc) is 3.46. The van der Waals surface area contributed by atoms with Crippen LogP contribution < -0.4 is 4.72 Å². The van der Waals surface area contributed by atoms with E-state index >= 15 is 4.79 Å². The molecule has 49 heavy (non-hydrogen) atoms. The van der Waals surface area contributed by atoms with Crippen LogP contribution in [0.25, 0.3) is 0 Å². The van der Waals surface area contributed by atoms with Crippen LogP contribution in [0.3, 0.4) is 0 Å². The second-order valence-corrected chi connectivity index (χ2v) is 19.5. The van der Waals surface area contributed by atoms with E-state index in [4.69, 9.17) is 9.47 Å². The molecule has 0 aromatic rings. The van der Waals surface area contributed by atoms with Gasteiger partial charge in [0.25, 0.3) is 0 Å². The van der Waals surface area contributed by atoms with E-state index in [2.05, 4.69) is 25.1 Å². The first-order valence-electron chi connectivity index (χ1n) is 18.4. The van der Waals surface area contributed by atoms with E-state index in [1.807, 2.05) is 6.92 Å². The van der Waals surface area contributed by atoms with Crippen molar-refractivity contribution in [2.24, 2.45) is 38.9 Å². The van der Waals surface area contributed by atoms with E-state index < -0.39 is 50.5 Å². The Labute approximate surface area is 292 Å². The Morgan fingerprint density at radius 1 is 0.980 bits per heavy atom. The van der Waals surface area contributed by atoms with Gasteiger partial charge in [-0.3, -0.25) is 19.2 Å². The predicted molar refractivity (Wildman–Crippen MR) is 183 cm³/mol. The zero-order chi connectivity index (χ0) is 35.8. The first kappa shape index (κ1) is 36.5. The number of hydrogen-bond acceptors (Lipinski definition) is 8. The molecule has 3 aliphatic carbocycles. The molecule has 11 nitrogen and oxygen atoms in total. The van der Waals surface area contributed by atoms with Crippen LogP contribution in [0.2, 0.25) is 0 Å². The van der Waals surface area contributed by atoms with Crippen LogP contribution in [0.5, 0.6) is 0 Å². The number of allylic oxidation sites excluding steroid dienone is 1. The molecule has 6 rings (SSSR count). The van der Waals surface area contributed by atoms with Crippen molar-refractivity contribution in [3.8, 4) is 0 Å². The Kier molecular flexibility index (Phi) is 9.04. The molecule has 3 aliphatic heterocycles. The molecule has 6 fully saturated rings. The third-order valence-corrected chi connectivity index (χ3v) is 15.5. The Morgan fingerprint density at radius 3 is 2.12 bits per heavy atom. The van der Waals surface area contributed by atoms with Crippen molar-refractivity contribution < 1.29 is 37.1 Å². The number of nitrogens with one attached hydrogen (secondary N) is 1. The van der Waals surface area contributed by atoms with Crippen LogP contribution in [-0.4, -0.2) is 85.7 Å². The van der Waals surface area contributed by atoms with Gasteiger partial charge in [0.15, 0.2) is 5.78 Å². The lowest BCUT2D eigenvalue weighted by Gasteiger charge is -2.42. The largest absolute Gasteiger partial charge is 0.460 e. The number of amides is 2. The van der Waals surface area contributed by atoms with E-state index in [0.29, 0.717) is 58.5 Å². The molecular formula is C37H57N3O8S. The first-order valence-corrected chi connectivity index (χ1v) is 19.8. The second-order valence-electron chi connectivity index (χ2n) is 17.8. The van der Waals surface area contributed by atoms with Crippen molar-refractivity contribution in [1.29, 1.82) is 0 Å². The molecule has 274 valence electrons. The highest BCUT2D eigenvalue weighted by atomic mass is 32.2. The molecule has 0 radical (unpaired) electrons. The number of esters is 1. The lowest BCUT2D eigenvalue weighted by atomic mass is 9.69. The molecule has 0 unspecified atom stereocenters. The van der Waals surface area contributed by atoms with Crippen LogP contribution >= 0.6 is 0 Å². The predicted octanol–water partition coefficient (Wildman–Crippen LogP) is 4.56. The van der Waals surface area contributed by atoms with E-state index in [1.54, 1.807) is 31.7 Å². The maximum Gasteiger partial charge on any atom is 0.307 e. The lowest BCUT2D eigenvalue weighted by Crippen LogP contribution is -2.51. The minimum absolute atomic E-state index is 0.0545. The van der Waals surface area contributed by atoms with Crippen molar-refractivity contribution in [3.63, 3.8) is 0 Å². The molecule has 2 amide bonds. The summed E-state index contributed by atoms with van der Waals surface area (Å²) in [7, 11) is -4.03. The summed E-state index contributed by atoms with van der Waals surface area (Å²) in [6, 6.07) is -0.776. The number of fused-ring (bicyclic) bond motifs is 1. The summed E-state index contributed by atoms with van der Waals surface area (Å²) in [4.78, 5) is 58.5. The fraction of sp³-hybridized carbons (Fsp3) is 0.838. The quantitative estimate of drug-likeness (QED) is 0.244. The second kappa shape index (κ2) is 12.1. The Bertz CT molecular complexity index is 1500. The number of ketones is 1. The number of likely N-dealkylation sites (tertiary alicyclic amines) is 1. The lowest BCUT2D eigenvalue weighted by molar-refractivity contribution is -0.163. The minimum Gasteiger partial charge on any atom is -0.460 e. The monoisotopic (exact) mass is 703 g/mol. The smallest absolute Gasteiger partial charge is 0.307 e. The Balaban J connectivity index is 1.30. The van der Waals surface area contributed by atoms with E-state index in [1.165, 1.54) is 4.31 Å². The third-order valence-electron chi connectivity index (χ3n) is 14.0. The molecule has 0 bridgehead atoms. The minimum atomic E-state index is -4.03. The number of hydrogen-bond donors (Lipinski definition) is 1. The number of ether oxygens (including phenoxy) is 2. The van der Waals surface area contributed by atoms with E-state index in [9.17, 15) is 22.8 Å². The summed E-state index contributed by atoms with van der Waals surface area (Å²) < 4.78 is 41.1. The fourth-order valence-corrected chi connectivity index (χ4v) is 11.8. The molecule has 3 heterocycles. The standard InChI is InChI=1S/C37H57N3O8S/c1-8-25-21-35(25,31(44)38-49(45,46)39-16-9-10-17-39)23-28(41)27-22-37(33(5,6)36(37)12-11-13-36)24-40(27)30(43)26(20-29(42)48-32(2,3)4)34(7)14-18-47-19-15-34/h8,25-27H,1,9-24H2,2-7H3,(H,38,44)/t25-,26-,27+,35-,37-/m1/s1. The van der Waals surface area contributed by atoms with Gasteiger partial charge in [-0.25, -0.2) is 4.72 Å². The van der Waals surface area contributed by atoms with Gasteiger partial charge in [-0.2, -0.15) is 12.7 Å². The highest BCUT2D eigenvalue weighted by molar-refractivity contribution is 7.87. The van der Waals surface area contributed by atoms with Crippen LogP contribution in [-0.2, 0) is 38.9 Å². The van der Waals surface area contributed by atoms with Gasteiger partial charge in [0, 0.05) is 44.7 Å². The van der Waals surface area contributed by atoms with Gasteiger partial charge in [0.1, 0.15) is 5.60 Å². The van der Waals surface area contributed by atoms with Crippen LogP contribution in [0.15, 0.2) is 12.7 Å². The summed E-state index contributed by atoms with van der Waals surface area (Å²) in [5.41, 5.74) is -2.73.